The molecule has 1 unspecified atom stereocenters. The van der Waals surface area contributed by atoms with Crippen LogP contribution in [-0.2, 0) is 20.7 Å². The summed E-state index contributed by atoms with van der Waals surface area (Å²) in [6.45, 7) is -0.703. The third-order valence-electron chi connectivity index (χ3n) is 2.85. The zero-order valence-corrected chi connectivity index (χ0v) is 9.85. The molecule has 0 fully saturated rings. The van der Waals surface area contributed by atoms with Crippen LogP contribution < -0.4 is 5.32 Å². The molecular weight excluding hydrogens is 238 g/mol. The summed E-state index contributed by atoms with van der Waals surface area (Å²) >= 11 is 0. The number of aliphatic carboxylic acids is 1. The number of carbonyl (C=O) groups excluding carboxylic acids is 1. The summed E-state index contributed by atoms with van der Waals surface area (Å²) in [5.41, 5.74) is 1.01. The van der Waals surface area contributed by atoms with Crippen LogP contribution in [0.3, 0.4) is 0 Å². The van der Waals surface area contributed by atoms with Gasteiger partial charge in [0.15, 0.2) is 0 Å². The van der Waals surface area contributed by atoms with Gasteiger partial charge in [-0.3, -0.25) is 4.79 Å². The molecule has 0 spiro atoms. The molecule has 0 aliphatic heterocycles. The van der Waals surface area contributed by atoms with Crippen molar-refractivity contribution in [1.82, 2.24) is 5.32 Å². The lowest BCUT2D eigenvalue weighted by atomic mass is 9.93. The molecule has 1 aromatic rings. The van der Waals surface area contributed by atoms with Crippen LogP contribution >= 0.6 is 0 Å². The van der Waals surface area contributed by atoms with Crippen LogP contribution in [0.1, 0.15) is 30.2 Å². The van der Waals surface area contributed by atoms with Gasteiger partial charge in [-0.1, -0.05) is 0 Å². The third-order valence-corrected chi connectivity index (χ3v) is 2.85. The maximum Gasteiger partial charge on any atom is 0.329 e. The lowest BCUT2D eigenvalue weighted by molar-refractivity contribution is -0.143. The van der Waals surface area contributed by atoms with Crippen LogP contribution in [-0.4, -0.2) is 30.2 Å². The first kappa shape index (κ1) is 12.6. The van der Waals surface area contributed by atoms with E-state index < -0.39 is 12.6 Å². The minimum atomic E-state index is -1.09. The van der Waals surface area contributed by atoms with E-state index in [0.29, 0.717) is 0 Å². The first-order valence-electron chi connectivity index (χ1n) is 5.82. The van der Waals surface area contributed by atoms with Gasteiger partial charge in [0.25, 0.3) is 0 Å². The Labute approximate surface area is 104 Å². The van der Waals surface area contributed by atoms with Crippen molar-refractivity contribution in [2.45, 2.75) is 25.3 Å². The lowest BCUT2D eigenvalue weighted by Gasteiger charge is -2.22. The zero-order valence-electron chi connectivity index (χ0n) is 9.85. The van der Waals surface area contributed by atoms with E-state index >= 15 is 0 Å². The standard InChI is InChI=1S/C12H15NO5/c14-11(6-17-7-12(15)16)13-9-2-1-3-10-8(9)4-5-18-10/h4-5,9H,1-3,6-7H2,(H,13,14)(H,15,16). The van der Waals surface area contributed by atoms with Crippen molar-refractivity contribution in [2.75, 3.05) is 13.2 Å². The Morgan fingerprint density at radius 2 is 2.33 bits per heavy atom. The fourth-order valence-electron chi connectivity index (χ4n) is 2.10. The molecule has 1 atom stereocenters. The highest BCUT2D eigenvalue weighted by Crippen LogP contribution is 2.30. The number of rotatable bonds is 5. The van der Waals surface area contributed by atoms with Crippen molar-refractivity contribution >= 4 is 11.9 Å². The monoisotopic (exact) mass is 253 g/mol. The van der Waals surface area contributed by atoms with Crippen molar-refractivity contribution < 1.29 is 23.8 Å². The van der Waals surface area contributed by atoms with Crippen molar-refractivity contribution in [1.29, 1.82) is 0 Å². The predicted molar refractivity (Wildman–Crippen MR) is 61.0 cm³/mol. The molecule has 98 valence electrons. The molecule has 0 radical (unpaired) electrons. The maximum absolute atomic E-state index is 11.6. The molecule has 18 heavy (non-hydrogen) atoms. The van der Waals surface area contributed by atoms with Crippen molar-refractivity contribution in [3.05, 3.63) is 23.7 Å². The van der Waals surface area contributed by atoms with Gasteiger partial charge < -0.3 is 19.6 Å². The summed E-state index contributed by atoms with van der Waals surface area (Å²) in [6.07, 6.45) is 4.33. The van der Waals surface area contributed by atoms with Crippen molar-refractivity contribution in [2.24, 2.45) is 0 Å². The summed E-state index contributed by atoms with van der Waals surface area (Å²) in [5.74, 6) is -0.481. The van der Waals surface area contributed by atoms with Gasteiger partial charge in [0.1, 0.15) is 19.0 Å². The molecule has 1 amide bonds. The Kier molecular flexibility index (Phi) is 3.99. The fraction of sp³-hybridized carbons (Fsp3) is 0.500. The Hall–Kier alpha value is -1.82. The van der Waals surface area contributed by atoms with E-state index in [1.165, 1.54) is 0 Å². The van der Waals surface area contributed by atoms with Gasteiger partial charge in [-0.25, -0.2) is 4.79 Å². The molecule has 0 saturated carbocycles. The number of ether oxygens (including phenoxy) is 1. The van der Waals surface area contributed by atoms with Gasteiger partial charge in [0.05, 0.1) is 12.3 Å². The average molecular weight is 253 g/mol. The number of carbonyl (C=O) groups is 2. The lowest BCUT2D eigenvalue weighted by Crippen LogP contribution is -2.33. The minimum Gasteiger partial charge on any atom is -0.480 e. The first-order valence-corrected chi connectivity index (χ1v) is 5.82. The zero-order chi connectivity index (χ0) is 13.0. The van der Waals surface area contributed by atoms with Gasteiger partial charge in [0, 0.05) is 12.0 Å². The van der Waals surface area contributed by atoms with Gasteiger partial charge in [-0.05, 0) is 18.9 Å². The second kappa shape index (κ2) is 5.68. The number of carboxylic acids is 1. The smallest absolute Gasteiger partial charge is 0.329 e. The Balaban J connectivity index is 1.84. The van der Waals surface area contributed by atoms with Crippen LogP contribution in [0.5, 0.6) is 0 Å². The van der Waals surface area contributed by atoms with E-state index in [9.17, 15) is 9.59 Å². The van der Waals surface area contributed by atoms with Crippen LogP contribution in [0.2, 0.25) is 0 Å². The van der Waals surface area contributed by atoms with Gasteiger partial charge in [-0.2, -0.15) is 0 Å². The molecule has 6 heteroatoms. The Morgan fingerprint density at radius 3 is 3.11 bits per heavy atom. The second-order valence-electron chi connectivity index (χ2n) is 4.20. The molecule has 0 bridgehead atoms. The topological polar surface area (TPSA) is 88.8 Å². The Bertz CT molecular complexity index is 439. The maximum atomic E-state index is 11.6. The van der Waals surface area contributed by atoms with E-state index in [0.717, 1.165) is 30.6 Å². The molecule has 2 rings (SSSR count). The minimum absolute atomic E-state index is 0.0616. The number of amides is 1. The summed E-state index contributed by atoms with van der Waals surface area (Å²) in [6, 6.07) is 1.80. The highest BCUT2D eigenvalue weighted by atomic mass is 16.5. The normalized spacial score (nSPS) is 18.1. The highest BCUT2D eigenvalue weighted by molar-refractivity contribution is 5.78. The van der Waals surface area contributed by atoms with Crippen LogP contribution in [0.4, 0.5) is 0 Å². The molecule has 1 aliphatic rings. The number of aryl methyl sites for hydroxylation is 1. The van der Waals surface area contributed by atoms with E-state index in [2.05, 4.69) is 5.32 Å². The number of carboxylic acid groups (broad SMARTS) is 1. The quantitative estimate of drug-likeness (QED) is 0.813. The molecule has 6 nitrogen and oxygen atoms in total. The SMILES string of the molecule is O=C(O)COCC(=O)NC1CCCc2occc21. The molecule has 0 aromatic carbocycles. The molecule has 0 saturated heterocycles. The molecule has 1 heterocycles. The highest BCUT2D eigenvalue weighted by Gasteiger charge is 2.23. The van der Waals surface area contributed by atoms with Crippen LogP contribution in [0, 0.1) is 0 Å². The van der Waals surface area contributed by atoms with Gasteiger partial charge >= 0.3 is 5.97 Å². The van der Waals surface area contributed by atoms with Crippen LogP contribution in [0.15, 0.2) is 16.7 Å². The first-order chi connectivity index (χ1) is 8.66. The number of fused-ring (bicyclic) bond motifs is 1. The summed E-state index contributed by atoms with van der Waals surface area (Å²) in [4.78, 5) is 21.8. The average Bonchev–Trinajstić information content (AvgIpc) is 2.77. The number of hydrogen-bond acceptors (Lipinski definition) is 4. The number of nitrogens with one attached hydrogen (secondary N) is 1. The van der Waals surface area contributed by atoms with E-state index in [1.54, 1.807) is 6.26 Å². The Morgan fingerprint density at radius 1 is 1.50 bits per heavy atom. The second-order valence-corrected chi connectivity index (χ2v) is 4.20. The largest absolute Gasteiger partial charge is 0.480 e. The molecule has 1 aliphatic carbocycles. The van der Waals surface area contributed by atoms with Crippen molar-refractivity contribution in [3.63, 3.8) is 0 Å². The van der Waals surface area contributed by atoms with Gasteiger partial charge in [-0.15, -0.1) is 0 Å². The van der Waals surface area contributed by atoms with Crippen LogP contribution in [0.25, 0.3) is 0 Å². The van der Waals surface area contributed by atoms with E-state index in [-0.39, 0.29) is 18.6 Å². The summed E-state index contributed by atoms with van der Waals surface area (Å²) in [5, 5.41) is 11.2. The summed E-state index contributed by atoms with van der Waals surface area (Å²) < 4.78 is 10.1. The summed E-state index contributed by atoms with van der Waals surface area (Å²) in [7, 11) is 0. The van der Waals surface area contributed by atoms with Crippen molar-refractivity contribution in [3.8, 4) is 0 Å². The van der Waals surface area contributed by atoms with E-state index in [4.69, 9.17) is 14.3 Å². The molecule has 2 N–H and O–H groups in total. The predicted octanol–water partition coefficient (Wildman–Crippen LogP) is 0.874. The number of hydrogen-bond donors (Lipinski definition) is 2. The molecular formula is C12H15NO5. The van der Waals surface area contributed by atoms with E-state index in [1.807, 2.05) is 6.07 Å². The molecule has 1 aromatic heterocycles. The van der Waals surface area contributed by atoms with Gasteiger partial charge in [0.2, 0.25) is 5.91 Å². The number of furan rings is 1. The third kappa shape index (κ3) is 3.10. The fourth-order valence-corrected chi connectivity index (χ4v) is 2.10.